The number of hydrogen-bond donors (Lipinski definition) is 0. The van der Waals surface area contributed by atoms with Crippen molar-refractivity contribution in [3.05, 3.63) is 15.8 Å². The van der Waals surface area contributed by atoms with Gasteiger partial charge in [0.2, 0.25) is 10.0 Å². The fourth-order valence-electron chi connectivity index (χ4n) is 2.38. The Bertz CT molecular complexity index is 545. The van der Waals surface area contributed by atoms with Gasteiger partial charge in [-0.1, -0.05) is 0 Å². The Labute approximate surface area is 123 Å². The summed E-state index contributed by atoms with van der Waals surface area (Å²) >= 11 is 7.25. The SMILES string of the molecule is Cc1csc(CCl)c1S(=O)(=O)N1CC(C)OC(C)C1. The van der Waals surface area contributed by atoms with Gasteiger partial charge in [0.1, 0.15) is 4.90 Å². The predicted octanol–water partition coefficient (Wildman–Crippen LogP) is 2.59. The van der Waals surface area contributed by atoms with Crippen molar-refractivity contribution in [3.8, 4) is 0 Å². The minimum Gasteiger partial charge on any atom is -0.373 e. The van der Waals surface area contributed by atoms with Crippen LogP contribution in [0.1, 0.15) is 24.3 Å². The highest BCUT2D eigenvalue weighted by molar-refractivity contribution is 7.89. The molecule has 0 bridgehead atoms. The molecule has 1 aliphatic rings. The second-order valence-electron chi connectivity index (χ2n) is 4.88. The summed E-state index contributed by atoms with van der Waals surface area (Å²) in [6.45, 7) is 6.38. The Balaban J connectivity index is 2.39. The highest BCUT2D eigenvalue weighted by atomic mass is 35.5. The third kappa shape index (κ3) is 2.97. The van der Waals surface area contributed by atoms with Crippen LogP contribution in [0, 0.1) is 6.92 Å². The maximum atomic E-state index is 12.8. The number of hydrogen-bond acceptors (Lipinski definition) is 4. The van der Waals surface area contributed by atoms with Crippen LogP contribution in [-0.2, 0) is 20.6 Å². The number of rotatable bonds is 3. The lowest BCUT2D eigenvalue weighted by Crippen LogP contribution is -2.48. The van der Waals surface area contributed by atoms with Crippen molar-refractivity contribution in [1.82, 2.24) is 4.31 Å². The van der Waals surface area contributed by atoms with Crippen molar-refractivity contribution >= 4 is 33.0 Å². The molecule has 1 aliphatic heterocycles. The summed E-state index contributed by atoms with van der Waals surface area (Å²) in [6, 6.07) is 0. The number of aryl methyl sites for hydroxylation is 1. The molecule has 0 radical (unpaired) electrons. The molecule has 108 valence electrons. The van der Waals surface area contributed by atoms with Crippen LogP contribution in [-0.4, -0.2) is 38.0 Å². The van der Waals surface area contributed by atoms with Gasteiger partial charge in [0, 0.05) is 18.0 Å². The quantitative estimate of drug-likeness (QED) is 0.803. The number of morpholine rings is 1. The molecular formula is C12H18ClNO3S2. The van der Waals surface area contributed by atoms with E-state index < -0.39 is 10.0 Å². The van der Waals surface area contributed by atoms with E-state index in [1.54, 1.807) is 0 Å². The summed E-state index contributed by atoms with van der Waals surface area (Å²) in [6.07, 6.45) is -0.172. The van der Waals surface area contributed by atoms with Crippen LogP contribution in [0.25, 0.3) is 0 Å². The molecule has 1 fully saturated rings. The second-order valence-corrected chi connectivity index (χ2v) is 7.99. The van der Waals surface area contributed by atoms with E-state index in [4.69, 9.17) is 16.3 Å². The first-order valence-electron chi connectivity index (χ1n) is 6.14. The number of ether oxygens (including phenoxy) is 1. The Hall–Kier alpha value is -0.140. The molecule has 4 nitrogen and oxygen atoms in total. The zero-order chi connectivity index (χ0) is 14.2. The molecule has 0 aromatic carbocycles. The molecule has 0 spiro atoms. The van der Waals surface area contributed by atoms with Crippen molar-refractivity contribution in [3.63, 3.8) is 0 Å². The van der Waals surface area contributed by atoms with Crippen molar-refractivity contribution < 1.29 is 13.2 Å². The number of nitrogens with zero attached hydrogens (tertiary/aromatic N) is 1. The fourth-order valence-corrected chi connectivity index (χ4v) is 5.98. The van der Waals surface area contributed by atoms with Crippen LogP contribution in [0.4, 0.5) is 0 Å². The molecular weight excluding hydrogens is 306 g/mol. The van der Waals surface area contributed by atoms with Crippen molar-refractivity contribution in [2.45, 2.75) is 43.8 Å². The first kappa shape index (κ1) is 15.3. The highest BCUT2D eigenvalue weighted by Gasteiger charge is 2.34. The molecule has 2 rings (SSSR count). The van der Waals surface area contributed by atoms with Crippen LogP contribution in [0.3, 0.4) is 0 Å². The Kier molecular flexibility index (Phi) is 4.57. The minimum atomic E-state index is -3.48. The largest absolute Gasteiger partial charge is 0.373 e. The van der Waals surface area contributed by atoms with E-state index >= 15 is 0 Å². The van der Waals surface area contributed by atoms with Gasteiger partial charge < -0.3 is 4.74 Å². The van der Waals surface area contributed by atoms with E-state index in [1.807, 2.05) is 26.2 Å². The molecule has 0 amide bonds. The van der Waals surface area contributed by atoms with Gasteiger partial charge in [-0.2, -0.15) is 4.31 Å². The lowest BCUT2D eigenvalue weighted by Gasteiger charge is -2.34. The molecule has 1 aromatic rings. The average Bonchev–Trinajstić information content (AvgIpc) is 2.69. The summed E-state index contributed by atoms with van der Waals surface area (Å²) in [4.78, 5) is 1.10. The van der Waals surface area contributed by atoms with Crippen molar-refractivity contribution in [2.24, 2.45) is 0 Å². The van der Waals surface area contributed by atoms with Gasteiger partial charge in [-0.05, 0) is 31.7 Å². The third-order valence-corrected chi connectivity index (χ3v) is 6.82. The molecule has 19 heavy (non-hydrogen) atoms. The molecule has 2 atom stereocenters. The van der Waals surface area contributed by atoms with Crippen LogP contribution >= 0.6 is 22.9 Å². The van der Waals surface area contributed by atoms with Gasteiger partial charge in [0.25, 0.3) is 0 Å². The Morgan fingerprint density at radius 1 is 1.42 bits per heavy atom. The van der Waals surface area contributed by atoms with Gasteiger partial charge in [0.05, 0.1) is 18.1 Å². The van der Waals surface area contributed by atoms with E-state index in [9.17, 15) is 8.42 Å². The lowest BCUT2D eigenvalue weighted by atomic mass is 10.3. The average molecular weight is 324 g/mol. The van der Waals surface area contributed by atoms with E-state index in [-0.39, 0.29) is 18.1 Å². The van der Waals surface area contributed by atoms with Crippen LogP contribution < -0.4 is 0 Å². The zero-order valence-corrected chi connectivity index (χ0v) is 13.6. The van der Waals surface area contributed by atoms with Crippen molar-refractivity contribution in [2.75, 3.05) is 13.1 Å². The topological polar surface area (TPSA) is 46.6 Å². The highest BCUT2D eigenvalue weighted by Crippen LogP contribution is 2.31. The first-order chi connectivity index (χ1) is 8.86. The molecule has 1 aromatic heterocycles. The van der Waals surface area contributed by atoms with E-state index in [0.29, 0.717) is 22.9 Å². The normalized spacial score (nSPS) is 25.7. The predicted molar refractivity (Wildman–Crippen MR) is 77.4 cm³/mol. The maximum Gasteiger partial charge on any atom is 0.244 e. The molecule has 0 saturated carbocycles. The molecule has 7 heteroatoms. The fraction of sp³-hybridized carbons (Fsp3) is 0.667. The van der Waals surface area contributed by atoms with E-state index in [1.165, 1.54) is 15.6 Å². The number of sulfonamides is 1. The van der Waals surface area contributed by atoms with Gasteiger partial charge in [-0.15, -0.1) is 22.9 Å². The number of halogens is 1. The van der Waals surface area contributed by atoms with Gasteiger partial charge >= 0.3 is 0 Å². The summed E-state index contributed by atoms with van der Waals surface area (Å²) in [5.41, 5.74) is 0.771. The number of thiophene rings is 1. The minimum absolute atomic E-state index is 0.0862. The van der Waals surface area contributed by atoms with Crippen LogP contribution in [0.2, 0.25) is 0 Å². The summed E-state index contributed by atoms with van der Waals surface area (Å²) in [5.74, 6) is 0.225. The molecule has 2 unspecified atom stereocenters. The van der Waals surface area contributed by atoms with Crippen LogP contribution in [0.5, 0.6) is 0 Å². The Morgan fingerprint density at radius 3 is 2.53 bits per heavy atom. The first-order valence-corrected chi connectivity index (χ1v) is 9.00. The molecule has 0 aliphatic carbocycles. The maximum absolute atomic E-state index is 12.8. The summed E-state index contributed by atoms with van der Waals surface area (Å²) in [7, 11) is -3.48. The standard InChI is InChI=1S/C12H18ClNO3S2/c1-8-7-18-11(4-13)12(8)19(15,16)14-5-9(2)17-10(3)6-14/h7,9-10H,4-6H2,1-3H3. The van der Waals surface area contributed by atoms with E-state index in [0.717, 1.165) is 5.56 Å². The monoisotopic (exact) mass is 323 g/mol. The zero-order valence-electron chi connectivity index (χ0n) is 11.2. The summed E-state index contributed by atoms with van der Waals surface area (Å²) in [5, 5.41) is 1.85. The third-order valence-electron chi connectivity index (χ3n) is 3.09. The van der Waals surface area contributed by atoms with E-state index in [2.05, 4.69) is 0 Å². The second kappa shape index (κ2) is 5.69. The smallest absolute Gasteiger partial charge is 0.244 e. The Morgan fingerprint density at radius 2 is 2.00 bits per heavy atom. The van der Waals surface area contributed by atoms with Gasteiger partial charge in [-0.25, -0.2) is 8.42 Å². The van der Waals surface area contributed by atoms with Crippen LogP contribution in [0.15, 0.2) is 10.3 Å². The van der Waals surface area contributed by atoms with Crippen molar-refractivity contribution in [1.29, 1.82) is 0 Å². The molecule has 2 heterocycles. The molecule has 0 N–H and O–H groups in total. The van der Waals surface area contributed by atoms with Gasteiger partial charge in [0.15, 0.2) is 0 Å². The molecule has 1 saturated heterocycles. The summed E-state index contributed by atoms with van der Waals surface area (Å²) < 4.78 is 32.6. The number of alkyl halides is 1. The van der Waals surface area contributed by atoms with Gasteiger partial charge in [-0.3, -0.25) is 0 Å². The lowest BCUT2D eigenvalue weighted by molar-refractivity contribution is -0.0441.